The van der Waals surface area contributed by atoms with Crippen LogP contribution in [0.1, 0.15) is 40.0 Å². The SMILES string of the molecule is CC1(C)[C@H]2CC[C@@]1(C)[C@@H](NC(=O)CCl)C2. The number of carbonyl (C=O) groups is 1. The molecule has 2 saturated carbocycles. The molecule has 3 atom stereocenters. The lowest BCUT2D eigenvalue weighted by molar-refractivity contribution is -0.120. The molecular weight excluding hydrogens is 210 g/mol. The third-order valence-electron chi connectivity index (χ3n) is 5.25. The number of alkyl halides is 1. The first-order chi connectivity index (χ1) is 6.91. The van der Waals surface area contributed by atoms with E-state index in [1.807, 2.05) is 0 Å². The van der Waals surface area contributed by atoms with Crippen molar-refractivity contribution in [3.8, 4) is 0 Å². The number of nitrogens with one attached hydrogen (secondary N) is 1. The van der Waals surface area contributed by atoms with Crippen molar-refractivity contribution in [2.24, 2.45) is 16.7 Å². The molecule has 0 unspecified atom stereocenters. The van der Waals surface area contributed by atoms with Crippen molar-refractivity contribution in [3.63, 3.8) is 0 Å². The number of carbonyl (C=O) groups excluding carboxylic acids is 1. The van der Waals surface area contributed by atoms with Gasteiger partial charge in [-0.2, -0.15) is 0 Å². The predicted molar refractivity (Wildman–Crippen MR) is 61.9 cm³/mol. The fraction of sp³-hybridized carbons (Fsp3) is 0.917. The quantitative estimate of drug-likeness (QED) is 0.725. The smallest absolute Gasteiger partial charge is 0.235 e. The van der Waals surface area contributed by atoms with Crippen LogP contribution in [0.4, 0.5) is 0 Å². The molecule has 0 heterocycles. The fourth-order valence-corrected chi connectivity index (χ4v) is 3.73. The standard InChI is InChI=1S/C12H20ClNO/c1-11(2)8-4-5-12(11,3)9(6-8)14-10(15)7-13/h8-9H,4-7H2,1-3H3,(H,14,15)/t8-,9-,12-/m0/s1. The van der Waals surface area contributed by atoms with Crippen LogP contribution in [0.3, 0.4) is 0 Å². The summed E-state index contributed by atoms with van der Waals surface area (Å²) in [7, 11) is 0. The van der Waals surface area contributed by atoms with Gasteiger partial charge in [0.25, 0.3) is 0 Å². The minimum atomic E-state index is -0.0220. The molecule has 2 aliphatic rings. The Labute approximate surface area is 96.8 Å². The molecule has 2 rings (SSSR count). The van der Waals surface area contributed by atoms with Crippen LogP contribution in [0.2, 0.25) is 0 Å². The highest BCUT2D eigenvalue weighted by Crippen LogP contribution is 2.65. The maximum atomic E-state index is 11.4. The van der Waals surface area contributed by atoms with E-state index in [4.69, 9.17) is 11.6 Å². The lowest BCUT2D eigenvalue weighted by Gasteiger charge is -2.39. The zero-order valence-corrected chi connectivity index (χ0v) is 10.5. The van der Waals surface area contributed by atoms with E-state index in [9.17, 15) is 4.79 Å². The third-order valence-corrected chi connectivity index (χ3v) is 5.49. The van der Waals surface area contributed by atoms with Gasteiger partial charge in [-0.1, -0.05) is 20.8 Å². The molecule has 2 fully saturated rings. The lowest BCUT2D eigenvalue weighted by Crippen LogP contribution is -2.47. The van der Waals surface area contributed by atoms with E-state index in [0.29, 0.717) is 11.5 Å². The Hall–Kier alpha value is -0.240. The van der Waals surface area contributed by atoms with Crippen LogP contribution in [0.25, 0.3) is 0 Å². The number of hydrogen-bond donors (Lipinski definition) is 1. The van der Waals surface area contributed by atoms with Crippen molar-refractivity contribution in [1.29, 1.82) is 0 Å². The van der Waals surface area contributed by atoms with Crippen LogP contribution in [0.5, 0.6) is 0 Å². The van der Waals surface area contributed by atoms with Gasteiger partial charge in [0, 0.05) is 6.04 Å². The summed E-state index contributed by atoms with van der Waals surface area (Å²) in [6, 6.07) is 0.331. The third kappa shape index (κ3) is 1.41. The van der Waals surface area contributed by atoms with Gasteiger partial charge in [0.1, 0.15) is 5.88 Å². The molecule has 2 bridgehead atoms. The molecule has 0 spiro atoms. The van der Waals surface area contributed by atoms with Crippen molar-refractivity contribution >= 4 is 17.5 Å². The van der Waals surface area contributed by atoms with Gasteiger partial charge < -0.3 is 5.32 Å². The second kappa shape index (κ2) is 3.38. The molecule has 0 aromatic rings. The average molecular weight is 230 g/mol. The molecule has 1 N–H and O–H groups in total. The number of hydrogen-bond acceptors (Lipinski definition) is 1. The van der Waals surface area contributed by atoms with Crippen LogP contribution in [0.15, 0.2) is 0 Å². The highest BCUT2D eigenvalue weighted by Gasteiger charge is 2.61. The van der Waals surface area contributed by atoms with Gasteiger partial charge >= 0.3 is 0 Å². The molecule has 0 saturated heterocycles. The monoisotopic (exact) mass is 229 g/mol. The van der Waals surface area contributed by atoms with Crippen LogP contribution < -0.4 is 5.32 Å². The first-order valence-electron chi connectivity index (χ1n) is 5.77. The highest BCUT2D eigenvalue weighted by atomic mass is 35.5. The Bertz CT molecular complexity index is 289. The predicted octanol–water partition coefficient (Wildman–Crippen LogP) is 2.56. The van der Waals surface area contributed by atoms with Crippen molar-refractivity contribution in [2.75, 3.05) is 5.88 Å². The van der Waals surface area contributed by atoms with E-state index < -0.39 is 0 Å². The summed E-state index contributed by atoms with van der Waals surface area (Å²) < 4.78 is 0. The van der Waals surface area contributed by atoms with Gasteiger partial charge in [-0.25, -0.2) is 0 Å². The zero-order valence-electron chi connectivity index (χ0n) is 9.77. The van der Waals surface area contributed by atoms with E-state index in [1.54, 1.807) is 0 Å². The molecule has 86 valence electrons. The normalized spacial score (nSPS) is 41.9. The van der Waals surface area contributed by atoms with Gasteiger partial charge in [0.05, 0.1) is 0 Å². The molecule has 0 radical (unpaired) electrons. The molecule has 0 aromatic carbocycles. The number of amides is 1. The van der Waals surface area contributed by atoms with Crippen LogP contribution in [-0.4, -0.2) is 17.8 Å². The molecule has 0 aromatic heterocycles. The van der Waals surface area contributed by atoms with E-state index in [2.05, 4.69) is 26.1 Å². The Morgan fingerprint density at radius 1 is 1.47 bits per heavy atom. The first kappa shape index (κ1) is 11.3. The molecule has 2 nitrogen and oxygen atoms in total. The molecule has 3 heteroatoms. The number of halogens is 1. The van der Waals surface area contributed by atoms with Crippen molar-refractivity contribution in [2.45, 2.75) is 46.1 Å². The van der Waals surface area contributed by atoms with Gasteiger partial charge in [-0.3, -0.25) is 4.79 Å². The zero-order chi connectivity index (χ0) is 11.3. The fourth-order valence-electron chi connectivity index (χ4n) is 3.65. The summed E-state index contributed by atoms with van der Waals surface area (Å²) in [5.74, 6) is 0.826. The maximum absolute atomic E-state index is 11.4. The minimum Gasteiger partial charge on any atom is -0.352 e. The van der Waals surface area contributed by atoms with Crippen molar-refractivity contribution in [3.05, 3.63) is 0 Å². The largest absolute Gasteiger partial charge is 0.352 e. The van der Waals surface area contributed by atoms with Crippen LogP contribution in [0, 0.1) is 16.7 Å². The van der Waals surface area contributed by atoms with E-state index in [-0.39, 0.29) is 17.2 Å². The van der Waals surface area contributed by atoms with E-state index >= 15 is 0 Å². The Morgan fingerprint density at radius 3 is 2.53 bits per heavy atom. The first-order valence-corrected chi connectivity index (χ1v) is 6.30. The van der Waals surface area contributed by atoms with Crippen molar-refractivity contribution in [1.82, 2.24) is 5.32 Å². The number of rotatable bonds is 2. The van der Waals surface area contributed by atoms with Crippen LogP contribution in [-0.2, 0) is 4.79 Å². The molecule has 1 amide bonds. The van der Waals surface area contributed by atoms with Gasteiger partial charge in [0.15, 0.2) is 0 Å². The van der Waals surface area contributed by atoms with Gasteiger partial charge in [-0.15, -0.1) is 11.6 Å². The Balaban J connectivity index is 2.15. The average Bonchev–Trinajstić information content (AvgIpc) is 2.50. The van der Waals surface area contributed by atoms with E-state index in [1.165, 1.54) is 12.8 Å². The topological polar surface area (TPSA) is 29.1 Å². The second-order valence-electron chi connectivity index (χ2n) is 5.86. The molecule has 15 heavy (non-hydrogen) atoms. The lowest BCUT2D eigenvalue weighted by atomic mass is 9.69. The summed E-state index contributed by atoms with van der Waals surface area (Å²) in [4.78, 5) is 11.4. The minimum absolute atomic E-state index is 0.0220. The number of fused-ring (bicyclic) bond motifs is 2. The molecular formula is C12H20ClNO. The molecule has 2 aliphatic carbocycles. The Kier molecular flexibility index (Phi) is 2.53. The summed E-state index contributed by atoms with van der Waals surface area (Å²) >= 11 is 5.54. The molecule has 0 aliphatic heterocycles. The van der Waals surface area contributed by atoms with Crippen LogP contribution >= 0.6 is 11.6 Å². The summed E-state index contributed by atoms with van der Waals surface area (Å²) in [5, 5.41) is 3.09. The van der Waals surface area contributed by atoms with Gasteiger partial charge in [-0.05, 0) is 36.0 Å². The summed E-state index contributed by atoms with van der Waals surface area (Å²) in [5.41, 5.74) is 0.622. The highest BCUT2D eigenvalue weighted by molar-refractivity contribution is 6.27. The van der Waals surface area contributed by atoms with E-state index in [0.717, 1.165) is 12.3 Å². The Morgan fingerprint density at radius 2 is 2.13 bits per heavy atom. The second-order valence-corrected chi connectivity index (χ2v) is 6.13. The summed E-state index contributed by atoms with van der Waals surface area (Å²) in [6.45, 7) is 7.01. The van der Waals surface area contributed by atoms with Crippen molar-refractivity contribution < 1.29 is 4.79 Å². The van der Waals surface area contributed by atoms with Gasteiger partial charge in [0.2, 0.25) is 5.91 Å². The summed E-state index contributed by atoms with van der Waals surface area (Å²) in [6.07, 6.45) is 3.68. The maximum Gasteiger partial charge on any atom is 0.235 e.